The summed E-state index contributed by atoms with van der Waals surface area (Å²) in [5, 5.41) is 3.92. The van der Waals surface area contributed by atoms with Gasteiger partial charge in [0, 0.05) is 31.9 Å². The van der Waals surface area contributed by atoms with Crippen molar-refractivity contribution in [1.29, 1.82) is 0 Å². The van der Waals surface area contributed by atoms with Crippen molar-refractivity contribution in [3.63, 3.8) is 0 Å². The van der Waals surface area contributed by atoms with Crippen LogP contribution in [0.3, 0.4) is 0 Å². The van der Waals surface area contributed by atoms with Gasteiger partial charge in [0.25, 0.3) is 5.91 Å². The number of carbonyl (C=O) groups is 1. The fourth-order valence-corrected chi connectivity index (χ4v) is 3.02. The maximum absolute atomic E-state index is 12.3. The van der Waals surface area contributed by atoms with Crippen molar-refractivity contribution in [2.75, 3.05) is 44.8 Å². The van der Waals surface area contributed by atoms with Crippen LogP contribution in [0.15, 0.2) is 53.7 Å². The highest BCUT2D eigenvalue weighted by molar-refractivity contribution is 5.81. The molecule has 1 aliphatic heterocycles. The molecule has 6 nitrogen and oxygen atoms in total. The van der Waals surface area contributed by atoms with Crippen LogP contribution in [-0.2, 0) is 9.63 Å². The van der Waals surface area contributed by atoms with E-state index in [-0.39, 0.29) is 12.5 Å². The van der Waals surface area contributed by atoms with E-state index in [0.29, 0.717) is 13.1 Å². The summed E-state index contributed by atoms with van der Waals surface area (Å²) in [7, 11) is 1.66. The second kappa shape index (κ2) is 9.07. The molecule has 2 aromatic rings. The Hall–Kier alpha value is -3.02. The van der Waals surface area contributed by atoms with Crippen molar-refractivity contribution in [2.45, 2.75) is 6.92 Å². The Balaban J connectivity index is 1.43. The number of carbonyl (C=O) groups excluding carboxylic acids is 1. The molecule has 0 aliphatic carbocycles. The summed E-state index contributed by atoms with van der Waals surface area (Å²) in [6.45, 7) is 4.92. The smallest absolute Gasteiger partial charge is 0.263 e. The number of piperazine rings is 1. The zero-order chi connectivity index (χ0) is 19.1. The quantitative estimate of drug-likeness (QED) is 0.582. The SMILES string of the molecule is COc1ccc(N2CCN(C(=O)CO/N=C/c3ccccc3C)CC2)cc1. The molecule has 0 unspecified atom stereocenters. The normalized spacial score (nSPS) is 14.4. The van der Waals surface area contributed by atoms with E-state index >= 15 is 0 Å². The molecular weight excluding hydrogens is 342 g/mol. The van der Waals surface area contributed by atoms with E-state index in [1.54, 1.807) is 13.3 Å². The van der Waals surface area contributed by atoms with E-state index in [1.807, 2.05) is 60.4 Å². The minimum absolute atomic E-state index is 0.0358. The molecule has 0 radical (unpaired) electrons. The number of oxime groups is 1. The topological polar surface area (TPSA) is 54.4 Å². The van der Waals surface area contributed by atoms with Gasteiger partial charge >= 0.3 is 0 Å². The number of nitrogens with zero attached hydrogens (tertiary/aromatic N) is 3. The predicted molar refractivity (Wildman–Crippen MR) is 107 cm³/mol. The minimum atomic E-state index is -0.0368. The summed E-state index contributed by atoms with van der Waals surface area (Å²) in [5.74, 6) is 0.808. The second-order valence-electron chi connectivity index (χ2n) is 6.43. The van der Waals surface area contributed by atoms with E-state index in [4.69, 9.17) is 9.57 Å². The number of hydrogen-bond acceptors (Lipinski definition) is 5. The van der Waals surface area contributed by atoms with Crippen molar-refractivity contribution in [2.24, 2.45) is 5.16 Å². The van der Waals surface area contributed by atoms with Crippen molar-refractivity contribution in [3.8, 4) is 5.75 Å². The van der Waals surface area contributed by atoms with E-state index in [2.05, 4.69) is 10.1 Å². The summed E-state index contributed by atoms with van der Waals surface area (Å²) in [4.78, 5) is 21.6. The highest BCUT2D eigenvalue weighted by Crippen LogP contribution is 2.20. The van der Waals surface area contributed by atoms with E-state index < -0.39 is 0 Å². The lowest BCUT2D eigenvalue weighted by molar-refractivity contribution is -0.136. The van der Waals surface area contributed by atoms with Crippen LogP contribution < -0.4 is 9.64 Å². The third kappa shape index (κ3) is 5.00. The summed E-state index contributed by atoms with van der Waals surface area (Å²) >= 11 is 0. The summed E-state index contributed by atoms with van der Waals surface area (Å²) in [5.41, 5.74) is 3.24. The van der Waals surface area contributed by atoms with Gasteiger partial charge in [-0.25, -0.2) is 0 Å². The lowest BCUT2D eigenvalue weighted by Gasteiger charge is -2.35. The molecule has 0 spiro atoms. The van der Waals surface area contributed by atoms with Gasteiger partial charge in [-0.05, 0) is 42.3 Å². The monoisotopic (exact) mass is 367 g/mol. The van der Waals surface area contributed by atoms with Crippen LogP contribution in [-0.4, -0.2) is 56.9 Å². The van der Waals surface area contributed by atoms with Crippen LogP contribution in [0.1, 0.15) is 11.1 Å². The molecule has 0 atom stereocenters. The van der Waals surface area contributed by atoms with Gasteiger partial charge < -0.3 is 19.4 Å². The van der Waals surface area contributed by atoms with Gasteiger partial charge in [-0.3, -0.25) is 4.79 Å². The van der Waals surface area contributed by atoms with Crippen molar-refractivity contribution in [3.05, 3.63) is 59.7 Å². The lowest BCUT2D eigenvalue weighted by Crippen LogP contribution is -2.49. The number of methoxy groups -OCH3 is 1. The number of aryl methyl sites for hydroxylation is 1. The highest BCUT2D eigenvalue weighted by Gasteiger charge is 2.21. The third-order valence-electron chi connectivity index (χ3n) is 4.71. The van der Waals surface area contributed by atoms with Gasteiger partial charge in [-0.2, -0.15) is 0 Å². The molecule has 1 heterocycles. The largest absolute Gasteiger partial charge is 0.497 e. The van der Waals surface area contributed by atoms with Crippen LogP contribution in [0.25, 0.3) is 0 Å². The van der Waals surface area contributed by atoms with E-state index in [0.717, 1.165) is 35.7 Å². The predicted octanol–water partition coefficient (Wildman–Crippen LogP) is 2.70. The summed E-state index contributed by atoms with van der Waals surface area (Å²) in [6, 6.07) is 15.9. The molecule has 1 saturated heterocycles. The van der Waals surface area contributed by atoms with Crippen LogP contribution in [0.5, 0.6) is 5.75 Å². The fourth-order valence-electron chi connectivity index (χ4n) is 3.02. The van der Waals surface area contributed by atoms with Gasteiger partial charge in [0.1, 0.15) is 5.75 Å². The molecule has 3 rings (SSSR count). The first kappa shape index (κ1) is 18.8. The maximum atomic E-state index is 12.3. The zero-order valence-electron chi connectivity index (χ0n) is 15.8. The minimum Gasteiger partial charge on any atom is -0.497 e. The van der Waals surface area contributed by atoms with Crippen molar-refractivity contribution < 1.29 is 14.4 Å². The number of ether oxygens (including phenoxy) is 1. The highest BCUT2D eigenvalue weighted by atomic mass is 16.6. The Morgan fingerprint density at radius 3 is 2.44 bits per heavy atom. The third-order valence-corrected chi connectivity index (χ3v) is 4.71. The molecule has 1 amide bonds. The summed E-state index contributed by atoms with van der Waals surface area (Å²) in [6.07, 6.45) is 1.64. The van der Waals surface area contributed by atoms with E-state index in [1.165, 1.54) is 0 Å². The average molecular weight is 367 g/mol. The Bertz CT molecular complexity index is 782. The molecule has 2 aromatic carbocycles. The Morgan fingerprint density at radius 1 is 1.07 bits per heavy atom. The van der Waals surface area contributed by atoms with Gasteiger partial charge in [-0.1, -0.05) is 29.4 Å². The first-order chi connectivity index (χ1) is 13.2. The molecule has 0 saturated carbocycles. The fraction of sp³-hybridized carbons (Fsp3) is 0.333. The first-order valence-electron chi connectivity index (χ1n) is 9.05. The molecule has 142 valence electrons. The maximum Gasteiger partial charge on any atom is 0.263 e. The average Bonchev–Trinajstić information content (AvgIpc) is 2.72. The molecule has 0 bridgehead atoms. The molecule has 1 fully saturated rings. The van der Waals surface area contributed by atoms with Crippen molar-refractivity contribution in [1.82, 2.24) is 4.90 Å². The second-order valence-corrected chi connectivity index (χ2v) is 6.43. The number of amides is 1. The first-order valence-corrected chi connectivity index (χ1v) is 9.05. The Labute approximate surface area is 160 Å². The van der Waals surface area contributed by atoms with Gasteiger partial charge in [0.15, 0.2) is 6.61 Å². The Morgan fingerprint density at radius 2 is 1.78 bits per heavy atom. The van der Waals surface area contributed by atoms with Gasteiger partial charge in [-0.15, -0.1) is 0 Å². The molecule has 1 aliphatic rings. The van der Waals surface area contributed by atoms with Crippen molar-refractivity contribution >= 4 is 17.8 Å². The number of rotatable bonds is 6. The molecule has 0 aromatic heterocycles. The van der Waals surface area contributed by atoms with Crippen LogP contribution in [0.2, 0.25) is 0 Å². The standard InChI is InChI=1S/C21H25N3O3/c1-17-5-3-4-6-18(17)15-22-27-16-21(25)24-13-11-23(12-14-24)19-7-9-20(26-2)10-8-19/h3-10,15H,11-14,16H2,1-2H3/b22-15+. The van der Waals surface area contributed by atoms with Crippen LogP contribution in [0.4, 0.5) is 5.69 Å². The van der Waals surface area contributed by atoms with E-state index in [9.17, 15) is 4.79 Å². The molecular formula is C21H25N3O3. The number of anilines is 1. The molecule has 0 N–H and O–H groups in total. The summed E-state index contributed by atoms with van der Waals surface area (Å²) < 4.78 is 5.19. The van der Waals surface area contributed by atoms with Crippen LogP contribution >= 0.6 is 0 Å². The lowest BCUT2D eigenvalue weighted by atomic mass is 10.1. The van der Waals surface area contributed by atoms with Gasteiger partial charge in [0.2, 0.25) is 0 Å². The Kier molecular flexibility index (Phi) is 6.30. The van der Waals surface area contributed by atoms with Crippen LogP contribution in [0, 0.1) is 6.92 Å². The zero-order valence-corrected chi connectivity index (χ0v) is 15.8. The number of hydrogen-bond donors (Lipinski definition) is 0. The molecule has 27 heavy (non-hydrogen) atoms. The van der Waals surface area contributed by atoms with Gasteiger partial charge in [0.05, 0.1) is 13.3 Å². The number of benzene rings is 2. The molecule has 6 heteroatoms.